The van der Waals surface area contributed by atoms with E-state index in [4.69, 9.17) is 31.2 Å². The van der Waals surface area contributed by atoms with Crippen molar-refractivity contribution >= 4 is 17.6 Å². The monoisotopic (exact) mass is 524 g/mol. The van der Waals surface area contributed by atoms with Crippen LogP contribution in [0, 0.1) is 0 Å². The Morgan fingerprint density at radius 2 is 1.59 bits per heavy atom. The van der Waals surface area contributed by atoms with Gasteiger partial charge in [-0.1, -0.05) is 37.6 Å². The normalized spacial score (nSPS) is 10.1. The van der Waals surface area contributed by atoms with Crippen molar-refractivity contribution in [2.24, 2.45) is 0 Å². The number of pyridine rings is 1. The first-order chi connectivity index (χ1) is 17.7. The van der Waals surface area contributed by atoms with Crippen LogP contribution in [-0.2, 0) is 4.79 Å². The van der Waals surface area contributed by atoms with E-state index in [-0.39, 0.29) is 5.56 Å². The van der Waals surface area contributed by atoms with E-state index >= 15 is 0 Å². The third kappa shape index (κ3) is 9.25. The Labute approximate surface area is 221 Å². The third-order valence-corrected chi connectivity index (χ3v) is 5.07. The molecule has 4 rings (SSSR count). The number of benzene rings is 2. The molecule has 196 valence electrons. The highest BCUT2D eigenvalue weighted by molar-refractivity contribution is 6.30. The van der Waals surface area contributed by atoms with Crippen LogP contribution in [0.1, 0.15) is 20.8 Å². The molecular formula is C28H33ClN4O4. The van der Waals surface area contributed by atoms with Gasteiger partial charge in [0.15, 0.2) is 0 Å². The number of ether oxygens (including phenoxy) is 1. The van der Waals surface area contributed by atoms with Gasteiger partial charge in [-0.05, 0) is 56.6 Å². The van der Waals surface area contributed by atoms with Crippen LogP contribution >= 0.6 is 11.6 Å². The van der Waals surface area contributed by atoms with Gasteiger partial charge in [0.2, 0.25) is 5.56 Å². The number of carboxylic acids is 1. The zero-order valence-electron chi connectivity index (χ0n) is 21.7. The minimum atomic E-state index is -0.833. The highest BCUT2D eigenvalue weighted by Gasteiger charge is 2.16. The first-order valence-electron chi connectivity index (χ1n) is 11.9. The summed E-state index contributed by atoms with van der Waals surface area (Å²) in [6.07, 6.45) is 1.62. The third-order valence-electron chi connectivity index (χ3n) is 4.82. The summed E-state index contributed by atoms with van der Waals surface area (Å²) < 4.78 is 5.78. The molecule has 0 atom stereocenters. The standard InChI is InChI=1S/C24H23ClN4O2.C2H4O2.C2H6/c1-29(2)13-14-31-20-9-5-17(6-10-20)24-27-22(16-3-7-19(25)8-4-16)23(28-24)18-11-12-26-21(30)15-18;1-2(3)4;1-2/h3-12,15H,13-14H2,1-2H3,(H,26,30)(H,27,28);1H3,(H,3,4);1-2H3. The fraction of sp³-hybridized carbons (Fsp3) is 0.250. The van der Waals surface area contributed by atoms with Gasteiger partial charge in [0.05, 0.1) is 11.4 Å². The maximum atomic E-state index is 11.9. The molecule has 0 fully saturated rings. The summed E-state index contributed by atoms with van der Waals surface area (Å²) in [6.45, 7) is 6.56. The first-order valence-corrected chi connectivity index (χ1v) is 12.2. The van der Waals surface area contributed by atoms with E-state index < -0.39 is 5.97 Å². The maximum absolute atomic E-state index is 11.9. The summed E-state index contributed by atoms with van der Waals surface area (Å²) in [5.41, 5.74) is 3.94. The number of rotatable bonds is 7. The van der Waals surface area contributed by atoms with Crippen LogP contribution in [0.3, 0.4) is 0 Å². The summed E-state index contributed by atoms with van der Waals surface area (Å²) in [7, 11) is 4.03. The molecule has 0 aliphatic rings. The van der Waals surface area contributed by atoms with Crippen molar-refractivity contribution in [3.63, 3.8) is 0 Å². The minimum absolute atomic E-state index is 0.177. The number of carboxylic acid groups (broad SMARTS) is 1. The highest BCUT2D eigenvalue weighted by Crippen LogP contribution is 2.33. The molecule has 0 bridgehead atoms. The van der Waals surface area contributed by atoms with Gasteiger partial charge in [-0.25, -0.2) is 4.98 Å². The Morgan fingerprint density at radius 1 is 1.00 bits per heavy atom. The molecule has 0 aliphatic heterocycles. The lowest BCUT2D eigenvalue weighted by atomic mass is 10.1. The lowest BCUT2D eigenvalue weighted by Gasteiger charge is -2.11. The number of carbonyl (C=O) groups is 1. The predicted molar refractivity (Wildman–Crippen MR) is 149 cm³/mol. The number of H-pyrrole nitrogens is 2. The van der Waals surface area contributed by atoms with Gasteiger partial charge in [-0.3, -0.25) is 9.59 Å². The van der Waals surface area contributed by atoms with Crippen molar-refractivity contribution in [3.8, 4) is 39.7 Å². The van der Waals surface area contributed by atoms with E-state index in [1.165, 1.54) is 0 Å². The Morgan fingerprint density at radius 3 is 2.16 bits per heavy atom. The molecule has 0 saturated heterocycles. The summed E-state index contributed by atoms with van der Waals surface area (Å²) in [4.78, 5) is 33.8. The average Bonchev–Trinajstić information content (AvgIpc) is 3.31. The van der Waals surface area contributed by atoms with Crippen LogP contribution in [0.2, 0.25) is 5.02 Å². The molecule has 37 heavy (non-hydrogen) atoms. The van der Waals surface area contributed by atoms with E-state index in [0.29, 0.717) is 23.1 Å². The molecule has 2 aromatic heterocycles. The molecular weight excluding hydrogens is 492 g/mol. The van der Waals surface area contributed by atoms with E-state index in [1.807, 2.05) is 82.5 Å². The number of hydrogen-bond acceptors (Lipinski definition) is 5. The number of nitrogens with zero attached hydrogens (tertiary/aromatic N) is 2. The Hall–Kier alpha value is -3.88. The molecule has 8 nitrogen and oxygen atoms in total. The zero-order chi connectivity index (χ0) is 27.4. The molecule has 0 aliphatic carbocycles. The lowest BCUT2D eigenvalue weighted by molar-refractivity contribution is -0.134. The van der Waals surface area contributed by atoms with Crippen LogP contribution in [0.5, 0.6) is 5.75 Å². The summed E-state index contributed by atoms with van der Waals surface area (Å²) in [6, 6.07) is 18.7. The number of halogens is 1. The largest absolute Gasteiger partial charge is 0.492 e. The molecule has 2 aromatic carbocycles. The van der Waals surface area contributed by atoms with E-state index in [2.05, 4.69) is 14.9 Å². The van der Waals surface area contributed by atoms with Crippen molar-refractivity contribution in [1.82, 2.24) is 19.9 Å². The fourth-order valence-corrected chi connectivity index (χ4v) is 3.32. The summed E-state index contributed by atoms with van der Waals surface area (Å²) >= 11 is 6.06. The van der Waals surface area contributed by atoms with E-state index in [9.17, 15) is 4.79 Å². The SMILES string of the molecule is CC.CC(=O)O.CN(C)CCOc1ccc(-c2nc(-c3cc[nH]c(=O)c3)c(-c3ccc(Cl)cc3)[nH]2)cc1. The van der Waals surface area contributed by atoms with Crippen molar-refractivity contribution in [3.05, 3.63) is 82.2 Å². The molecule has 0 radical (unpaired) electrons. The van der Waals surface area contributed by atoms with Crippen LogP contribution in [0.25, 0.3) is 33.9 Å². The second kappa shape index (κ2) is 14.6. The van der Waals surface area contributed by atoms with E-state index in [1.54, 1.807) is 12.3 Å². The van der Waals surface area contributed by atoms with E-state index in [0.717, 1.165) is 41.6 Å². The van der Waals surface area contributed by atoms with Gasteiger partial charge in [0.1, 0.15) is 18.2 Å². The summed E-state index contributed by atoms with van der Waals surface area (Å²) in [5.74, 6) is 0.685. The molecule has 0 amide bonds. The number of aliphatic carboxylic acids is 1. The van der Waals surface area contributed by atoms with Gasteiger partial charge in [0.25, 0.3) is 5.97 Å². The van der Waals surface area contributed by atoms with Crippen molar-refractivity contribution in [1.29, 1.82) is 0 Å². The Balaban J connectivity index is 0.000000733. The number of aromatic nitrogens is 3. The van der Waals surface area contributed by atoms with Gasteiger partial charge < -0.3 is 24.7 Å². The van der Waals surface area contributed by atoms with Gasteiger partial charge in [-0.15, -0.1) is 0 Å². The van der Waals surface area contributed by atoms with Crippen LogP contribution in [0.4, 0.5) is 0 Å². The van der Waals surface area contributed by atoms with Crippen LogP contribution in [0.15, 0.2) is 71.7 Å². The topological polar surface area (TPSA) is 111 Å². The van der Waals surface area contributed by atoms with Gasteiger partial charge in [0, 0.05) is 47.4 Å². The van der Waals surface area contributed by atoms with Crippen molar-refractivity contribution in [2.45, 2.75) is 20.8 Å². The fourth-order valence-electron chi connectivity index (χ4n) is 3.19. The second-order valence-electron chi connectivity index (χ2n) is 7.95. The second-order valence-corrected chi connectivity index (χ2v) is 8.39. The number of nitrogens with one attached hydrogen (secondary N) is 2. The average molecular weight is 525 g/mol. The maximum Gasteiger partial charge on any atom is 0.300 e. The van der Waals surface area contributed by atoms with Crippen molar-refractivity contribution in [2.75, 3.05) is 27.2 Å². The lowest BCUT2D eigenvalue weighted by Crippen LogP contribution is -2.19. The molecule has 4 aromatic rings. The Bertz CT molecular complexity index is 1310. The Kier molecular flexibility index (Phi) is 11.6. The molecule has 0 unspecified atom stereocenters. The molecule has 9 heteroatoms. The van der Waals surface area contributed by atoms with Crippen LogP contribution < -0.4 is 10.3 Å². The van der Waals surface area contributed by atoms with Gasteiger partial charge >= 0.3 is 0 Å². The highest BCUT2D eigenvalue weighted by atomic mass is 35.5. The molecule has 2 heterocycles. The summed E-state index contributed by atoms with van der Waals surface area (Å²) in [5, 5.41) is 8.08. The molecule has 3 N–H and O–H groups in total. The number of aromatic amines is 2. The minimum Gasteiger partial charge on any atom is -0.492 e. The van der Waals surface area contributed by atoms with Gasteiger partial charge in [-0.2, -0.15) is 0 Å². The molecule has 0 saturated carbocycles. The zero-order valence-corrected chi connectivity index (χ0v) is 22.5. The first kappa shape index (κ1) is 29.4. The number of hydrogen-bond donors (Lipinski definition) is 3. The number of imidazole rings is 1. The smallest absolute Gasteiger partial charge is 0.300 e. The van der Waals surface area contributed by atoms with Crippen LogP contribution in [-0.4, -0.2) is 58.2 Å². The predicted octanol–water partition coefficient (Wildman–Crippen LogP) is 5.81. The van der Waals surface area contributed by atoms with Crippen molar-refractivity contribution < 1.29 is 14.6 Å². The number of likely N-dealkylation sites (N-methyl/N-ethyl adjacent to an activating group) is 1. The molecule has 0 spiro atoms. The quantitative estimate of drug-likeness (QED) is 0.281.